The molecule has 0 aliphatic heterocycles. The maximum absolute atomic E-state index is 11.3. The first-order chi connectivity index (χ1) is 10.2. The van der Waals surface area contributed by atoms with Gasteiger partial charge in [0.15, 0.2) is 5.76 Å². The molecular weight excluding hydrogens is 270 g/mol. The highest BCUT2D eigenvalue weighted by Gasteiger charge is 2.21. The molecule has 6 nitrogen and oxygen atoms in total. The fourth-order valence-electron chi connectivity index (χ4n) is 2.06. The summed E-state index contributed by atoms with van der Waals surface area (Å²) < 4.78 is 6.75. The van der Waals surface area contributed by atoms with Crippen molar-refractivity contribution in [2.45, 2.75) is 0 Å². The molecule has 0 spiro atoms. The molecule has 0 unspecified atom stereocenters. The number of carboxylic acids is 1. The van der Waals surface area contributed by atoms with Crippen LogP contribution in [-0.4, -0.2) is 20.9 Å². The second-order valence-corrected chi connectivity index (χ2v) is 4.26. The molecule has 0 bridgehead atoms. The fourth-order valence-corrected chi connectivity index (χ4v) is 2.06. The molecule has 1 N–H and O–H groups in total. The minimum Gasteiger partial charge on any atom is -0.478 e. The Morgan fingerprint density at radius 1 is 1.33 bits per heavy atom. The Bertz CT molecular complexity index is 841. The van der Waals surface area contributed by atoms with Crippen LogP contribution in [0.4, 0.5) is 0 Å². The first-order valence-corrected chi connectivity index (χ1v) is 6.06. The summed E-state index contributed by atoms with van der Waals surface area (Å²) in [5.74, 6) is -0.698. The molecule has 1 aromatic carbocycles. The summed E-state index contributed by atoms with van der Waals surface area (Å²) >= 11 is 0. The van der Waals surface area contributed by atoms with E-state index < -0.39 is 5.97 Å². The van der Waals surface area contributed by atoms with Crippen LogP contribution >= 0.6 is 0 Å². The quantitative estimate of drug-likeness (QED) is 0.795. The minimum absolute atomic E-state index is 0.0345. The zero-order valence-electron chi connectivity index (χ0n) is 10.7. The minimum atomic E-state index is -1.09. The van der Waals surface area contributed by atoms with Crippen molar-refractivity contribution >= 4 is 5.97 Å². The lowest BCUT2D eigenvalue weighted by atomic mass is 10.2. The van der Waals surface area contributed by atoms with Crippen molar-refractivity contribution in [3.8, 4) is 23.2 Å². The standard InChI is InChI=1S/C15H9N3O3/c16-8-10-3-1-4-11(7-10)18-14(13-5-2-6-21-13)12(9-17-18)15(19)20/h1-7,9H,(H,19,20). The van der Waals surface area contributed by atoms with Gasteiger partial charge in [-0.3, -0.25) is 0 Å². The summed E-state index contributed by atoms with van der Waals surface area (Å²) in [6.07, 6.45) is 2.73. The maximum atomic E-state index is 11.3. The molecule has 2 aromatic heterocycles. The van der Waals surface area contributed by atoms with E-state index in [-0.39, 0.29) is 5.56 Å². The van der Waals surface area contributed by atoms with E-state index in [2.05, 4.69) is 5.10 Å². The van der Waals surface area contributed by atoms with Gasteiger partial charge in [0.2, 0.25) is 0 Å². The molecule has 2 heterocycles. The van der Waals surface area contributed by atoms with Gasteiger partial charge >= 0.3 is 5.97 Å². The van der Waals surface area contributed by atoms with Crippen LogP contribution < -0.4 is 0 Å². The molecule has 21 heavy (non-hydrogen) atoms. The zero-order valence-corrected chi connectivity index (χ0v) is 10.7. The van der Waals surface area contributed by atoms with Gasteiger partial charge in [-0.05, 0) is 30.3 Å². The average molecular weight is 279 g/mol. The zero-order chi connectivity index (χ0) is 14.8. The summed E-state index contributed by atoms with van der Waals surface area (Å²) in [6.45, 7) is 0. The maximum Gasteiger partial charge on any atom is 0.339 e. The van der Waals surface area contributed by atoms with E-state index in [9.17, 15) is 9.90 Å². The van der Waals surface area contributed by atoms with Gasteiger partial charge in [-0.2, -0.15) is 10.4 Å². The van der Waals surface area contributed by atoms with Gasteiger partial charge in [-0.15, -0.1) is 0 Å². The van der Waals surface area contributed by atoms with E-state index in [1.165, 1.54) is 17.1 Å². The number of benzene rings is 1. The van der Waals surface area contributed by atoms with Gasteiger partial charge in [-0.25, -0.2) is 9.48 Å². The van der Waals surface area contributed by atoms with Crippen LogP contribution in [0.3, 0.4) is 0 Å². The van der Waals surface area contributed by atoms with E-state index in [4.69, 9.17) is 9.68 Å². The first-order valence-electron chi connectivity index (χ1n) is 6.06. The second-order valence-electron chi connectivity index (χ2n) is 4.26. The third-order valence-corrected chi connectivity index (χ3v) is 2.97. The SMILES string of the molecule is N#Cc1cccc(-n2ncc(C(=O)O)c2-c2ccco2)c1. The van der Waals surface area contributed by atoms with Crippen LogP contribution in [0.5, 0.6) is 0 Å². The van der Waals surface area contributed by atoms with E-state index in [0.717, 1.165) is 0 Å². The van der Waals surface area contributed by atoms with Gasteiger partial charge in [0.25, 0.3) is 0 Å². The monoisotopic (exact) mass is 279 g/mol. The number of nitriles is 1. The summed E-state index contributed by atoms with van der Waals surface area (Å²) in [5.41, 5.74) is 1.42. The smallest absolute Gasteiger partial charge is 0.339 e. The van der Waals surface area contributed by atoms with Crippen LogP contribution in [0, 0.1) is 11.3 Å². The van der Waals surface area contributed by atoms with Gasteiger partial charge in [0.1, 0.15) is 11.3 Å². The number of aromatic carboxylic acids is 1. The van der Waals surface area contributed by atoms with Crippen LogP contribution in [0.2, 0.25) is 0 Å². The summed E-state index contributed by atoms with van der Waals surface area (Å²) in [7, 11) is 0. The van der Waals surface area contributed by atoms with Crippen molar-refractivity contribution in [2.75, 3.05) is 0 Å². The summed E-state index contributed by atoms with van der Waals surface area (Å²) in [6, 6.07) is 12.1. The number of rotatable bonds is 3. The van der Waals surface area contributed by atoms with Crippen LogP contribution in [-0.2, 0) is 0 Å². The predicted molar refractivity (Wildman–Crippen MR) is 72.9 cm³/mol. The topological polar surface area (TPSA) is 92.0 Å². The molecule has 0 atom stereocenters. The molecule has 0 radical (unpaired) electrons. The van der Waals surface area contributed by atoms with Gasteiger partial charge in [0.05, 0.1) is 29.8 Å². The van der Waals surface area contributed by atoms with Crippen molar-refractivity contribution in [1.29, 1.82) is 5.26 Å². The van der Waals surface area contributed by atoms with E-state index >= 15 is 0 Å². The molecule has 0 fully saturated rings. The van der Waals surface area contributed by atoms with Crippen LogP contribution in [0.15, 0.2) is 53.3 Å². The van der Waals surface area contributed by atoms with Crippen molar-refractivity contribution in [3.05, 3.63) is 60.0 Å². The molecule has 0 saturated heterocycles. The largest absolute Gasteiger partial charge is 0.478 e. The van der Waals surface area contributed by atoms with Crippen molar-refractivity contribution < 1.29 is 14.3 Å². The number of nitrogens with zero attached hydrogens (tertiary/aromatic N) is 3. The highest BCUT2D eigenvalue weighted by atomic mass is 16.4. The van der Waals surface area contributed by atoms with E-state index in [1.54, 1.807) is 36.4 Å². The van der Waals surface area contributed by atoms with Gasteiger partial charge in [0, 0.05) is 0 Å². The highest BCUT2D eigenvalue weighted by molar-refractivity contribution is 5.94. The molecule has 3 aromatic rings. The van der Waals surface area contributed by atoms with E-state index in [1.807, 2.05) is 6.07 Å². The van der Waals surface area contributed by atoms with Crippen molar-refractivity contribution in [1.82, 2.24) is 9.78 Å². The molecular formula is C15H9N3O3. The Hall–Kier alpha value is -3.33. The Kier molecular flexibility index (Phi) is 3.01. The molecule has 0 aliphatic carbocycles. The Morgan fingerprint density at radius 2 is 2.19 bits per heavy atom. The van der Waals surface area contributed by atoms with Crippen molar-refractivity contribution in [2.24, 2.45) is 0 Å². The predicted octanol–water partition coefficient (Wildman–Crippen LogP) is 2.70. The number of aromatic nitrogens is 2. The fraction of sp³-hybridized carbons (Fsp3) is 0. The average Bonchev–Trinajstić information content (AvgIpc) is 3.15. The molecule has 0 saturated carbocycles. The Labute approximate surface area is 119 Å². The second kappa shape index (κ2) is 4.98. The van der Waals surface area contributed by atoms with Crippen LogP contribution in [0.25, 0.3) is 17.1 Å². The Balaban J connectivity index is 2.24. The first kappa shape index (κ1) is 12.7. The van der Waals surface area contributed by atoms with Crippen LogP contribution in [0.1, 0.15) is 15.9 Å². The molecule has 6 heteroatoms. The normalized spacial score (nSPS) is 10.2. The molecule has 3 rings (SSSR count). The number of furan rings is 1. The van der Waals surface area contributed by atoms with E-state index in [0.29, 0.717) is 22.7 Å². The third-order valence-electron chi connectivity index (χ3n) is 2.97. The number of hydrogen-bond donors (Lipinski definition) is 1. The summed E-state index contributed by atoms with van der Waals surface area (Å²) in [5, 5.41) is 22.3. The lowest BCUT2D eigenvalue weighted by molar-refractivity contribution is 0.0697. The Morgan fingerprint density at radius 3 is 2.86 bits per heavy atom. The van der Waals surface area contributed by atoms with Crippen molar-refractivity contribution in [3.63, 3.8) is 0 Å². The van der Waals surface area contributed by atoms with Gasteiger partial charge < -0.3 is 9.52 Å². The lowest BCUT2D eigenvalue weighted by Crippen LogP contribution is -2.02. The molecule has 102 valence electrons. The number of carboxylic acid groups (broad SMARTS) is 1. The van der Waals surface area contributed by atoms with Gasteiger partial charge in [-0.1, -0.05) is 6.07 Å². The highest BCUT2D eigenvalue weighted by Crippen LogP contribution is 2.27. The summed E-state index contributed by atoms with van der Waals surface area (Å²) in [4.78, 5) is 11.3. The molecule has 0 aliphatic rings. The molecule has 0 amide bonds. The lowest BCUT2D eigenvalue weighted by Gasteiger charge is -2.06. The third kappa shape index (κ3) is 2.17. The number of hydrogen-bond acceptors (Lipinski definition) is 4. The number of carbonyl (C=O) groups is 1.